The molecule has 51 heavy (non-hydrogen) atoms. The lowest BCUT2D eigenvalue weighted by Gasteiger charge is -2.24. The molecule has 0 aliphatic carbocycles. The number of carbonyl (C=O) groups is 2. The van der Waals surface area contributed by atoms with E-state index in [4.69, 9.17) is 34.2 Å². The number of aliphatic carboxylic acids is 1. The van der Waals surface area contributed by atoms with Gasteiger partial charge in [-0.05, 0) is 80.4 Å². The maximum absolute atomic E-state index is 14.3. The zero-order valence-corrected chi connectivity index (χ0v) is 30.0. The van der Waals surface area contributed by atoms with E-state index in [1.807, 2.05) is 95.8 Å². The van der Waals surface area contributed by atoms with Gasteiger partial charge in [-0.3, -0.25) is 14.2 Å². The molecule has 1 atom stereocenters. The molecule has 11 nitrogen and oxygen atoms in total. The molecule has 264 valence electrons. The Morgan fingerprint density at radius 3 is 2.27 bits per heavy atom. The summed E-state index contributed by atoms with van der Waals surface area (Å²) in [4.78, 5) is 41.8. The zero-order chi connectivity index (χ0) is 36.5. The van der Waals surface area contributed by atoms with Gasteiger partial charge >= 0.3 is 5.97 Å². The summed E-state index contributed by atoms with van der Waals surface area (Å²) in [6.45, 7) is 7.62. The first-order valence-corrected chi connectivity index (χ1v) is 17.4. The number of nitrogens with zero attached hydrogens (tertiary/aromatic N) is 4. The van der Waals surface area contributed by atoms with Crippen molar-refractivity contribution in [1.29, 1.82) is 0 Å². The van der Waals surface area contributed by atoms with Crippen LogP contribution in [0.5, 0.6) is 11.5 Å². The summed E-state index contributed by atoms with van der Waals surface area (Å²) in [6, 6.07) is 24.3. The van der Waals surface area contributed by atoms with E-state index in [9.17, 15) is 9.59 Å². The normalized spacial score (nSPS) is 13.8. The minimum Gasteiger partial charge on any atom is -0.497 e. The number of carboxylic acid groups (broad SMARTS) is 1. The molecular weight excluding hydrogens is 669 g/mol. The predicted molar refractivity (Wildman–Crippen MR) is 196 cm³/mol. The molecule has 2 aromatic heterocycles. The third-order valence-corrected chi connectivity index (χ3v) is 8.88. The van der Waals surface area contributed by atoms with Crippen molar-refractivity contribution in [2.24, 2.45) is 4.99 Å². The zero-order valence-electron chi connectivity index (χ0n) is 29.2. The van der Waals surface area contributed by atoms with Gasteiger partial charge in [-0.2, -0.15) is 5.10 Å². The topological polar surface area (TPSA) is 134 Å². The quantitative estimate of drug-likeness (QED) is 0.132. The van der Waals surface area contributed by atoms with E-state index < -0.39 is 18.0 Å². The molecule has 0 fully saturated rings. The highest BCUT2D eigenvalue weighted by molar-refractivity contribution is 7.07. The van der Waals surface area contributed by atoms with E-state index in [-0.39, 0.29) is 12.2 Å². The first kappa shape index (κ1) is 36.5. The highest BCUT2D eigenvalue weighted by Gasteiger charge is 2.33. The Balaban J connectivity index is 0.00000120. The van der Waals surface area contributed by atoms with Crippen LogP contribution in [0.15, 0.2) is 106 Å². The molecule has 0 saturated carbocycles. The van der Waals surface area contributed by atoms with E-state index in [0.717, 1.165) is 53.6 Å². The lowest BCUT2D eigenvalue weighted by molar-refractivity contribution is -0.139. The van der Waals surface area contributed by atoms with Gasteiger partial charge in [0.1, 0.15) is 17.2 Å². The highest BCUT2D eigenvalue weighted by Crippen LogP contribution is 2.32. The summed E-state index contributed by atoms with van der Waals surface area (Å²) in [5.41, 5.74) is 4.58. The average molecular weight is 709 g/mol. The molecular formula is C39H40N4O7S. The maximum atomic E-state index is 14.3. The third-order valence-electron chi connectivity index (χ3n) is 7.89. The lowest BCUT2D eigenvalue weighted by Crippen LogP contribution is -2.39. The number of allylic oxidation sites excluding steroid dienone is 1. The van der Waals surface area contributed by atoms with E-state index in [1.165, 1.54) is 11.3 Å². The monoisotopic (exact) mass is 708 g/mol. The van der Waals surface area contributed by atoms with E-state index in [1.54, 1.807) is 25.5 Å². The van der Waals surface area contributed by atoms with Crippen molar-refractivity contribution in [2.45, 2.75) is 46.6 Å². The molecule has 1 unspecified atom stereocenters. The van der Waals surface area contributed by atoms with Crippen molar-refractivity contribution in [2.75, 3.05) is 20.3 Å². The molecule has 6 rings (SSSR count). The van der Waals surface area contributed by atoms with E-state index in [2.05, 4.69) is 6.92 Å². The summed E-state index contributed by atoms with van der Waals surface area (Å²) < 4.78 is 20.5. The number of esters is 1. The van der Waals surface area contributed by atoms with Crippen molar-refractivity contribution in [3.63, 3.8) is 0 Å². The Morgan fingerprint density at radius 2 is 1.65 bits per heavy atom. The molecule has 1 aliphatic heterocycles. The summed E-state index contributed by atoms with van der Waals surface area (Å²) in [5.74, 6) is 0.131. The van der Waals surface area contributed by atoms with E-state index in [0.29, 0.717) is 33.0 Å². The van der Waals surface area contributed by atoms with Gasteiger partial charge in [0.15, 0.2) is 4.80 Å². The molecule has 5 aromatic rings. The molecule has 0 spiro atoms. The van der Waals surface area contributed by atoms with Crippen LogP contribution < -0.4 is 24.4 Å². The van der Waals surface area contributed by atoms with Crippen molar-refractivity contribution in [3.8, 4) is 28.4 Å². The smallest absolute Gasteiger partial charge is 0.338 e. The Morgan fingerprint density at radius 1 is 0.980 bits per heavy atom. The standard InChI is InChI=1S/C37H36N4O5S.C2H4O2/c1-5-7-21-46-30-19-13-25(14-20-30)33-27(23-40(39-33)28-11-9-8-10-12-28)22-31-35(42)41-34(26-15-17-29(44-4)18-16-26)32(36(43)45-6-2)24(3)38-37(41)47-31;1-2(3)4/h8-20,22-23,34H,5-7,21H2,1-4H3;1H3,(H,3,4)/b31-22+;. The van der Waals surface area contributed by atoms with Gasteiger partial charge in [0.25, 0.3) is 11.5 Å². The second kappa shape index (κ2) is 16.8. The number of para-hydroxylation sites is 1. The van der Waals surface area contributed by atoms with Crippen LogP contribution in [0.2, 0.25) is 0 Å². The predicted octanol–water partition coefficient (Wildman–Crippen LogP) is 5.93. The van der Waals surface area contributed by atoms with Crippen molar-refractivity contribution < 1.29 is 28.9 Å². The number of carbonyl (C=O) groups excluding carboxylic acids is 1. The second-order valence-electron chi connectivity index (χ2n) is 11.5. The Labute approximate surface area is 299 Å². The number of rotatable bonds is 11. The number of thiazole rings is 1. The molecule has 0 saturated heterocycles. The number of hydrogen-bond acceptors (Lipinski definition) is 9. The van der Waals surface area contributed by atoms with Crippen molar-refractivity contribution in [3.05, 3.63) is 127 Å². The average Bonchev–Trinajstić information content (AvgIpc) is 3.68. The first-order chi connectivity index (χ1) is 24.6. The van der Waals surface area contributed by atoms with Gasteiger partial charge in [0.05, 0.1) is 47.9 Å². The van der Waals surface area contributed by atoms with Crippen LogP contribution in [0.25, 0.3) is 23.0 Å². The number of carboxylic acids is 1. The highest BCUT2D eigenvalue weighted by atomic mass is 32.1. The molecule has 3 aromatic carbocycles. The summed E-state index contributed by atoms with van der Waals surface area (Å²) in [6.07, 6.45) is 5.83. The SMILES string of the molecule is CC(=O)O.CCCCOc1ccc(-c2nn(-c3ccccc3)cc2/C=c2/sc3n(c2=O)C(c2ccc(OC)cc2)C(C(=O)OCC)=C(C)N=3)cc1. The van der Waals surface area contributed by atoms with Crippen LogP contribution in [0.3, 0.4) is 0 Å². The molecule has 0 bridgehead atoms. The number of methoxy groups -OCH3 is 1. The second-order valence-corrected chi connectivity index (χ2v) is 12.5. The Bertz CT molecular complexity index is 2200. The largest absolute Gasteiger partial charge is 0.497 e. The fraction of sp³-hybridized carbons (Fsp3) is 0.256. The molecule has 12 heteroatoms. The molecule has 0 amide bonds. The lowest BCUT2D eigenvalue weighted by atomic mass is 9.96. The molecule has 3 heterocycles. The van der Waals surface area contributed by atoms with Crippen LogP contribution in [0, 0.1) is 0 Å². The van der Waals surface area contributed by atoms with E-state index >= 15 is 0 Å². The molecule has 0 radical (unpaired) electrons. The summed E-state index contributed by atoms with van der Waals surface area (Å²) >= 11 is 1.28. The number of aromatic nitrogens is 3. The van der Waals surface area contributed by atoms with Crippen LogP contribution in [-0.2, 0) is 14.3 Å². The van der Waals surface area contributed by atoms with Crippen molar-refractivity contribution >= 4 is 29.4 Å². The fourth-order valence-corrected chi connectivity index (χ4v) is 6.55. The minimum absolute atomic E-state index is 0.204. The van der Waals surface area contributed by atoms with Gasteiger partial charge < -0.3 is 19.3 Å². The summed E-state index contributed by atoms with van der Waals surface area (Å²) in [5, 5.41) is 12.4. The van der Waals surface area contributed by atoms with Crippen LogP contribution in [0.4, 0.5) is 0 Å². The van der Waals surface area contributed by atoms with Crippen molar-refractivity contribution in [1.82, 2.24) is 14.3 Å². The Kier molecular flexibility index (Phi) is 12.0. The van der Waals surface area contributed by atoms with Crippen LogP contribution in [0.1, 0.15) is 57.7 Å². The summed E-state index contributed by atoms with van der Waals surface area (Å²) in [7, 11) is 1.59. The number of hydrogen-bond donors (Lipinski definition) is 1. The third kappa shape index (κ3) is 8.53. The maximum Gasteiger partial charge on any atom is 0.338 e. The number of fused-ring (bicyclic) bond motifs is 1. The van der Waals surface area contributed by atoms with Gasteiger partial charge in [0.2, 0.25) is 0 Å². The Hall–Kier alpha value is -5.75. The number of unbranched alkanes of at least 4 members (excludes halogenated alkanes) is 1. The number of ether oxygens (including phenoxy) is 3. The first-order valence-electron chi connectivity index (χ1n) is 16.6. The van der Waals surface area contributed by atoms with Gasteiger partial charge in [0, 0.05) is 24.2 Å². The molecule has 1 aliphatic rings. The van der Waals surface area contributed by atoms with Gasteiger partial charge in [-0.15, -0.1) is 0 Å². The van der Waals surface area contributed by atoms with Gasteiger partial charge in [-0.25, -0.2) is 14.5 Å². The minimum atomic E-state index is -0.833. The van der Waals surface area contributed by atoms with Gasteiger partial charge in [-0.1, -0.05) is 55.0 Å². The number of benzene rings is 3. The van der Waals surface area contributed by atoms with Crippen LogP contribution in [-0.4, -0.2) is 51.7 Å². The fourth-order valence-electron chi connectivity index (χ4n) is 5.51. The van der Waals surface area contributed by atoms with Crippen LogP contribution >= 0.6 is 11.3 Å². The molecule has 1 N–H and O–H groups in total.